The Morgan fingerprint density at radius 3 is 1.44 bits per heavy atom. The van der Waals surface area contributed by atoms with Crippen molar-refractivity contribution in [2.45, 2.75) is 38.5 Å². The molecule has 0 bridgehead atoms. The summed E-state index contributed by atoms with van der Waals surface area (Å²) in [5.41, 5.74) is 0. The lowest BCUT2D eigenvalue weighted by molar-refractivity contribution is -0.160. The van der Waals surface area contributed by atoms with Crippen molar-refractivity contribution in [1.29, 1.82) is 0 Å². The molecule has 0 aromatic heterocycles. The zero-order valence-corrected chi connectivity index (χ0v) is 9.44. The standard InChI is InChI=1S/C12H18O4/c13-11(9-3-1-4-9)15-7-8-16-12(14)10-5-2-6-10/h9-10H,1-8H2. The zero-order valence-electron chi connectivity index (χ0n) is 9.44. The highest BCUT2D eigenvalue weighted by molar-refractivity contribution is 5.74. The first-order valence-corrected chi connectivity index (χ1v) is 6.10. The van der Waals surface area contributed by atoms with E-state index in [-0.39, 0.29) is 37.0 Å². The van der Waals surface area contributed by atoms with Gasteiger partial charge in [0.2, 0.25) is 0 Å². The highest BCUT2D eigenvalue weighted by atomic mass is 16.6. The van der Waals surface area contributed by atoms with Crippen molar-refractivity contribution in [3.8, 4) is 0 Å². The summed E-state index contributed by atoms with van der Waals surface area (Å²) < 4.78 is 10.0. The quantitative estimate of drug-likeness (QED) is 0.528. The Kier molecular flexibility index (Phi) is 3.80. The van der Waals surface area contributed by atoms with Gasteiger partial charge in [0, 0.05) is 0 Å². The van der Waals surface area contributed by atoms with Crippen LogP contribution in [0.5, 0.6) is 0 Å². The van der Waals surface area contributed by atoms with Crippen molar-refractivity contribution in [2.75, 3.05) is 13.2 Å². The van der Waals surface area contributed by atoms with Crippen LogP contribution in [0, 0.1) is 11.8 Å². The average molecular weight is 226 g/mol. The smallest absolute Gasteiger partial charge is 0.309 e. The van der Waals surface area contributed by atoms with Gasteiger partial charge < -0.3 is 9.47 Å². The highest BCUT2D eigenvalue weighted by Crippen LogP contribution is 2.28. The Bertz CT molecular complexity index is 238. The molecule has 2 aliphatic rings. The predicted octanol–water partition coefficient (Wildman–Crippen LogP) is 1.67. The van der Waals surface area contributed by atoms with E-state index in [4.69, 9.17) is 9.47 Å². The lowest BCUT2D eigenvalue weighted by Gasteiger charge is -2.24. The van der Waals surface area contributed by atoms with Gasteiger partial charge in [0.15, 0.2) is 0 Å². The molecule has 0 heterocycles. The van der Waals surface area contributed by atoms with E-state index in [1.165, 1.54) is 0 Å². The van der Waals surface area contributed by atoms with Gasteiger partial charge in [0.05, 0.1) is 11.8 Å². The van der Waals surface area contributed by atoms with Crippen LogP contribution < -0.4 is 0 Å². The second-order valence-electron chi connectivity index (χ2n) is 4.59. The van der Waals surface area contributed by atoms with Crippen LogP contribution in [0.3, 0.4) is 0 Å². The molecule has 90 valence electrons. The van der Waals surface area contributed by atoms with Crippen LogP contribution in [0.1, 0.15) is 38.5 Å². The average Bonchev–Trinajstić information content (AvgIpc) is 2.06. The van der Waals surface area contributed by atoms with E-state index in [1.54, 1.807) is 0 Å². The van der Waals surface area contributed by atoms with Crippen LogP contribution in [0.25, 0.3) is 0 Å². The van der Waals surface area contributed by atoms with Gasteiger partial charge in [-0.05, 0) is 25.7 Å². The molecule has 0 N–H and O–H groups in total. The second kappa shape index (κ2) is 5.32. The number of ether oxygens (including phenoxy) is 2. The highest BCUT2D eigenvalue weighted by Gasteiger charge is 2.28. The van der Waals surface area contributed by atoms with E-state index < -0.39 is 0 Å². The maximum Gasteiger partial charge on any atom is 0.309 e. The van der Waals surface area contributed by atoms with E-state index >= 15 is 0 Å². The number of hydrogen-bond donors (Lipinski definition) is 0. The third-order valence-electron chi connectivity index (χ3n) is 3.45. The number of hydrogen-bond acceptors (Lipinski definition) is 4. The molecule has 0 spiro atoms. The minimum absolute atomic E-state index is 0.0994. The molecule has 0 unspecified atom stereocenters. The van der Waals surface area contributed by atoms with E-state index in [1.807, 2.05) is 0 Å². The zero-order chi connectivity index (χ0) is 11.4. The molecule has 0 saturated heterocycles. The van der Waals surface area contributed by atoms with E-state index in [0.717, 1.165) is 38.5 Å². The Hall–Kier alpha value is -1.06. The van der Waals surface area contributed by atoms with Crippen LogP contribution in [0.15, 0.2) is 0 Å². The number of esters is 2. The predicted molar refractivity (Wildman–Crippen MR) is 56.6 cm³/mol. The van der Waals surface area contributed by atoms with Crippen LogP contribution in [0.2, 0.25) is 0 Å². The molecule has 0 aromatic rings. The molecular weight excluding hydrogens is 208 g/mol. The fraction of sp³-hybridized carbons (Fsp3) is 0.833. The van der Waals surface area contributed by atoms with Gasteiger partial charge in [0.25, 0.3) is 0 Å². The number of rotatable bonds is 5. The lowest BCUT2D eigenvalue weighted by atomic mass is 9.86. The summed E-state index contributed by atoms with van der Waals surface area (Å²) in [5, 5.41) is 0. The summed E-state index contributed by atoms with van der Waals surface area (Å²) in [4.78, 5) is 22.6. The summed E-state index contributed by atoms with van der Waals surface area (Å²) in [6, 6.07) is 0. The molecule has 0 amide bonds. The van der Waals surface area contributed by atoms with Gasteiger partial charge >= 0.3 is 11.9 Å². The van der Waals surface area contributed by atoms with E-state index in [0.29, 0.717) is 0 Å². The third-order valence-corrected chi connectivity index (χ3v) is 3.45. The Morgan fingerprint density at radius 2 is 1.19 bits per heavy atom. The minimum Gasteiger partial charge on any atom is -0.462 e. The topological polar surface area (TPSA) is 52.6 Å². The molecule has 2 aliphatic carbocycles. The Balaban J connectivity index is 1.50. The summed E-state index contributed by atoms with van der Waals surface area (Å²) >= 11 is 0. The van der Waals surface area contributed by atoms with E-state index in [2.05, 4.69) is 0 Å². The molecule has 4 nitrogen and oxygen atoms in total. The Labute approximate surface area is 95.3 Å². The molecule has 0 aliphatic heterocycles. The molecule has 2 saturated carbocycles. The Morgan fingerprint density at radius 1 is 0.812 bits per heavy atom. The van der Waals surface area contributed by atoms with Crippen molar-refractivity contribution in [3.05, 3.63) is 0 Å². The summed E-state index contributed by atoms with van der Waals surface area (Å²) in [5.74, 6) is -0.0680. The molecule has 0 aromatic carbocycles. The number of carbonyl (C=O) groups is 2. The molecule has 16 heavy (non-hydrogen) atoms. The maximum absolute atomic E-state index is 11.3. The van der Waals surface area contributed by atoms with Crippen molar-refractivity contribution < 1.29 is 19.1 Å². The van der Waals surface area contributed by atoms with Crippen LogP contribution in [-0.4, -0.2) is 25.2 Å². The molecular formula is C12H18O4. The SMILES string of the molecule is O=C(OCCOC(=O)C1CCC1)C1CCC1. The first-order valence-electron chi connectivity index (χ1n) is 6.10. The van der Waals surface area contributed by atoms with Gasteiger partial charge in [-0.2, -0.15) is 0 Å². The first kappa shape index (κ1) is 11.4. The third kappa shape index (κ3) is 2.74. The summed E-state index contributed by atoms with van der Waals surface area (Å²) in [6.45, 7) is 0.404. The monoisotopic (exact) mass is 226 g/mol. The van der Waals surface area contributed by atoms with Crippen molar-refractivity contribution in [2.24, 2.45) is 11.8 Å². The fourth-order valence-corrected chi connectivity index (χ4v) is 1.81. The molecule has 2 rings (SSSR count). The fourth-order valence-electron chi connectivity index (χ4n) is 1.81. The lowest BCUT2D eigenvalue weighted by Crippen LogP contribution is -2.28. The minimum atomic E-state index is -0.133. The maximum atomic E-state index is 11.3. The molecule has 0 radical (unpaired) electrons. The second-order valence-corrected chi connectivity index (χ2v) is 4.59. The van der Waals surface area contributed by atoms with E-state index in [9.17, 15) is 9.59 Å². The summed E-state index contributed by atoms with van der Waals surface area (Å²) in [7, 11) is 0. The van der Waals surface area contributed by atoms with Crippen LogP contribution >= 0.6 is 0 Å². The molecule has 2 fully saturated rings. The van der Waals surface area contributed by atoms with Crippen molar-refractivity contribution >= 4 is 11.9 Å². The normalized spacial score (nSPS) is 20.8. The van der Waals surface area contributed by atoms with Crippen LogP contribution in [0.4, 0.5) is 0 Å². The summed E-state index contributed by atoms with van der Waals surface area (Å²) in [6.07, 6.45) is 6.02. The molecule has 4 heteroatoms. The largest absolute Gasteiger partial charge is 0.462 e. The van der Waals surface area contributed by atoms with Crippen LogP contribution in [-0.2, 0) is 19.1 Å². The van der Waals surface area contributed by atoms with Crippen molar-refractivity contribution in [1.82, 2.24) is 0 Å². The number of carbonyl (C=O) groups excluding carboxylic acids is 2. The van der Waals surface area contributed by atoms with Gasteiger partial charge in [0.1, 0.15) is 13.2 Å². The van der Waals surface area contributed by atoms with Gasteiger partial charge in [-0.25, -0.2) is 0 Å². The molecule has 0 atom stereocenters. The van der Waals surface area contributed by atoms with Crippen molar-refractivity contribution in [3.63, 3.8) is 0 Å². The van der Waals surface area contributed by atoms with Gasteiger partial charge in [-0.1, -0.05) is 12.8 Å². The van der Waals surface area contributed by atoms with Gasteiger partial charge in [-0.3, -0.25) is 9.59 Å². The van der Waals surface area contributed by atoms with Gasteiger partial charge in [-0.15, -0.1) is 0 Å². The first-order chi connectivity index (χ1) is 7.77.